The third-order valence-corrected chi connectivity index (χ3v) is 3.73. The Labute approximate surface area is 142 Å². The molecule has 1 aromatic heterocycles. The predicted octanol–water partition coefficient (Wildman–Crippen LogP) is 3.01. The van der Waals surface area contributed by atoms with Gasteiger partial charge < -0.3 is 9.42 Å². The Bertz CT molecular complexity index is 713. The minimum Gasteiger partial charge on any atom is -0.339 e. The van der Waals surface area contributed by atoms with Crippen LogP contribution in [0.3, 0.4) is 0 Å². The Hall–Kier alpha value is -2.68. The molecule has 0 saturated heterocycles. The Balaban J connectivity index is 1.90. The number of carbonyl (C=O) groups is 1. The van der Waals surface area contributed by atoms with Crippen LogP contribution < -0.4 is 0 Å². The number of aryl methyl sites for hydroxylation is 2. The van der Waals surface area contributed by atoms with E-state index in [-0.39, 0.29) is 11.9 Å². The number of hydrogen-bond donors (Lipinski definition) is 0. The van der Waals surface area contributed by atoms with Crippen molar-refractivity contribution in [3.05, 3.63) is 47.1 Å². The first-order valence-corrected chi connectivity index (χ1v) is 8.07. The highest BCUT2D eigenvalue weighted by Crippen LogP contribution is 2.13. The third-order valence-electron chi connectivity index (χ3n) is 3.73. The van der Waals surface area contributed by atoms with Crippen molar-refractivity contribution in [1.29, 1.82) is 5.26 Å². The predicted molar refractivity (Wildman–Crippen MR) is 88.8 cm³/mol. The van der Waals surface area contributed by atoms with Crippen LogP contribution in [-0.4, -0.2) is 27.0 Å². The van der Waals surface area contributed by atoms with Gasteiger partial charge in [0.05, 0.1) is 11.6 Å². The molecule has 1 heterocycles. The lowest BCUT2D eigenvalue weighted by molar-refractivity contribution is -0.133. The SMILES string of the molecule is Cc1noc(CCCC(=O)N(Cc2ccc(C#N)cc2)C(C)C)n1. The second-order valence-electron chi connectivity index (χ2n) is 6.01. The van der Waals surface area contributed by atoms with Crippen LogP contribution in [0.1, 0.15) is 49.5 Å². The highest BCUT2D eigenvalue weighted by atomic mass is 16.5. The van der Waals surface area contributed by atoms with Crippen LogP contribution in [0, 0.1) is 18.3 Å². The highest BCUT2D eigenvalue weighted by Gasteiger charge is 2.17. The molecule has 0 saturated carbocycles. The van der Waals surface area contributed by atoms with Gasteiger partial charge >= 0.3 is 0 Å². The molecule has 2 aromatic rings. The summed E-state index contributed by atoms with van der Waals surface area (Å²) in [6, 6.07) is 9.54. The molecule has 0 aliphatic carbocycles. The van der Waals surface area contributed by atoms with Gasteiger partial charge in [-0.3, -0.25) is 4.79 Å². The van der Waals surface area contributed by atoms with Crippen LogP contribution in [0.2, 0.25) is 0 Å². The molecular weight excluding hydrogens is 304 g/mol. The fraction of sp³-hybridized carbons (Fsp3) is 0.444. The molecule has 0 spiro atoms. The van der Waals surface area contributed by atoms with Crippen LogP contribution in [0.5, 0.6) is 0 Å². The molecule has 0 aliphatic rings. The van der Waals surface area contributed by atoms with E-state index in [1.54, 1.807) is 19.1 Å². The molecule has 0 fully saturated rings. The van der Waals surface area contributed by atoms with E-state index < -0.39 is 0 Å². The molecule has 6 heteroatoms. The van der Waals surface area contributed by atoms with Crippen molar-refractivity contribution >= 4 is 5.91 Å². The summed E-state index contributed by atoms with van der Waals surface area (Å²) in [6.45, 7) is 6.32. The van der Waals surface area contributed by atoms with Crippen LogP contribution in [-0.2, 0) is 17.8 Å². The van der Waals surface area contributed by atoms with Gasteiger partial charge in [-0.25, -0.2) is 0 Å². The highest BCUT2D eigenvalue weighted by molar-refractivity contribution is 5.76. The van der Waals surface area contributed by atoms with E-state index in [1.807, 2.05) is 30.9 Å². The zero-order valence-electron chi connectivity index (χ0n) is 14.3. The lowest BCUT2D eigenvalue weighted by atomic mass is 10.1. The molecule has 126 valence electrons. The minimum absolute atomic E-state index is 0.102. The minimum atomic E-state index is 0.102. The molecule has 1 aromatic carbocycles. The Kier molecular flexibility index (Phi) is 6.07. The van der Waals surface area contributed by atoms with E-state index in [4.69, 9.17) is 9.78 Å². The maximum atomic E-state index is 12.5. The molecule has 24 heavy (non-hydrogen) atoms. The number of amides is 1. The first kappa shape index (κ1) is 17.7. The average molecular weight is 326 g/mol. The van der Waals surface area contributed by atoms with E-state index in [2.05, 4.69) is 16.2 Å². The normalized spacial score (nSPS) is 10.6. The number of nitrogens with zero attached hydrogens (tertiary/aromatic N) is 4. The summed E-state index contributed by atoms with van der Waals surface area (Å²) < 4.78 is 5.06. The molecule has 0 atom stereocenters. The maximum absolute atomic E-state index is 12.5. The lowest BCUT2D eigenvalue weighted by Gasteiger charge is -2.27. The number of aromatic nitrogens is 2. The van der Waals surface area contributed by atoms with Crippen molar-refractivity contribution in [3.8, 4) is 6.07 Å². The van der Waals surface area contributed by atoms with Crippen LogP contribution in [0.25, 0.3) is 0 Å². The van der Waals surface area contributed by atoms with Gasteiger partial charge in [0.2, 0.25) is 11.8 Å². The van der Waals surface area contributed by atoms with E-state index in [1.165, 1.54) is 0 Å². The first-order chi connectivity index (χ1) is 11.5. The summed E-state index contributed by atoms with van der Waals surface area (Å²) in [6.07, 6.45) is 1.72. The fourth-order valence-electron chi connectivity index (χ4n) is 2.42. The van der Waals surface area contributed by atoms with Gasteiger partial charge in [0.15, 0.2) is 5.82 Å². The third kappa shape index (κ3) is 4.92. The van der Waals surface area contributed by atoms with Gasteiger partial charge in [0.25, 0.3) is 0 Å². The van der Waals surface area contributed by atoms with Crippen LogP contribution in [0.15, 0.2) is 28.8 Å². The number of carbonyl (C=O) groups excluding carboxylic acids is 1. The van der Waals surface area contributed by atoms with Gasteiger partial charge in [-0.15, -0.1) is 0 Å². The lowest BCUT2D eigenvalue weighted by Crippen LogP contribution is -2.36. The molecular formula is C18H22N4O2. The number of nitriles is 1. The summed E-state index contributed by atoms with van der Waals surface area (Å²) in [5.74, 6) is 1.29. The molecule has 6 nitrogen and oxygen atoms in total. The number of benzene rings is 1. The fourth-order valence-corrected chi connectivity index (χ4v) is 2.42. The standard InChI is InChI=1S/C18H22N4O2/c1-13(2)22(12-16-9-7-15(11-19)8-10-16)18(23)6-4-5-17-20-14(3)21-24-17/h7-10,13H,4-6,12H2,1-3H3. The van der Waals surface area contributed by atoms with Gasteiger partial charge in [-0.1, -0.05) is 17.3 Å². The van der Waals surface area contributed by atoms with E-state index in [0.29, 0.717) is 43.1 Å². The molecule has 0 N–H and O–H groups in total. The van der Waals surface area contributed by atoms with Crippen molar-refractivity contribution in [2.45, 2.75) is 52.6 Å². The molecule has 0 radical (unpaired) electrons. The van der Waals surface area contributed by atoms with Gasteiger partial charge in [-0.2, -0.15) is 10.2 Å². The smallest absolute Gasteiger partial charge is 0.226 e. The quantitative estimate of drug-likeness (QED) is 0.781. The molecule has 2 rings (SSSR count). The maximum Gasteiger partial charge on any atom is 0.226 e. The second kappa shape index (κ2) is 8.25. The summed E-state index contributed by atoms with van der Waals surface area (Å²) in [7, 11) is 0. The number of rotatable bonds is 7. The number of hydrogen-bond acceptors (Lipinski definition) is 5. The molecule has 0 unspecified atom stereocenters. The largest absolute Gasteiger partial charge is 0.339 e. The van der Waals surface area contributed by atoms with Crippen LogP contribution >= 0.6 is 0 Å². The Morgan fingerprint density at radius 2 is 2.04 bits per heavy atom. The monoisotopic (exact) mass is 326 g/mol. The van der Waals surface area contributed by atoms with E-state index >= 15 is 0 Å². The summed E-state index contributed by atoms with van der Waals surface area (Å²) >= 11 is 0. The topological polar surface area (TPSA) is 83.0 Å². The Morgan fingerprint density at radius 1 is 1.33 bits per heavy atom. The van der Waals surface area contributed by atoms with Crippen molar-refractivity contribution < 1.29 is 9.32 Å². The van der Waals surface area contributed by atoms with E-state index in [9.17, 15) is 4.79 Å². The Morgan fingerprint density at radius 3 is 2.58 bits per heavy atom. The van der Waals surface area contributed by atoms with Crippen molar-refractivity contribution in [1.82, 2.24) is 15.0 Å². The van der Waals surface area contributed by atoms with Crippen molar-refractivity contribution in [2.75, 3.05) is 0 Å². The van der Waals surface area contributed by atoms with Crippen molar-refractivity contribution in [2.24, 2.45) is 0 Å². The second-order valence-corrected chi connectivity index (χ2v) is 6.01. The molecule has 0 bridgehead atoms. The van der Waals surface area contributed by atoms with Crippen molar-refractivity contribution in [3.63, 3.8) is 0 Å². The summed E-state index contributed by atoms with van der Waals surface area (Å²) in [5, 5.41) is 12.6. The first-order valence-electron chi connectivity index (χ1n) is 8.07. The van der Waals surface area contributed by atoms with Gasteiger partial charge in [0.1, 0.15) is 0 Å². The molecule has 1 amide bonds. The molecule has 0 aliphatic heterocycles. The summed E-state index contributed by atoms with van der Waals surface area (Å²) in [5.41, 5.74) is 1.64. The zero-order valence-corrected chi connectivity index (χ0v) is 14.3. The zero-order chi connectivity index (χ0) is 17.5. The van der Waals surface area contributed by atoms with Gasteiger partial charge in [-0.05, 0) is 44.9 Å². The van der Waals surface area contributed by atoms with E-state index in [0.717, 1.165) is 5.56 Å². The van der Waals surface area contributed by atoms with Crippen LogP contribution in [0.4, 0.5) is 0 Å². The average Bonchev–Trinajstić information content (AvgIpc) is 2.98. The van der Waals surface area contributed by atoms with Gasteiger partial charge in [0, 0.05) is 25.4 Å². The summed E-state index contributed by atoms with van der Waals surface area (Å²) in [4.78, 5) is 18.5.